The highest BCUT2D eigenvalue weighted by Crippen LogP contribution is 2.51. The number of carboxylic acid groups (broad SMARTS) is 1. The van der Waals surface area contributed by atoms with Crippen LogP contribution in [0, 0.1) is 11.8 Å². The third-order valence-corrected chi connectivity index (χ3v) is 8.82. The number of fused-ring (bicyclic) bond motifs is 1. The number of halogens is 1. The summed E-state index contributed by atoms with van der Waals surface area (Å²) in [5.41, 5.74) is 0.0330. The van der Waals surface area contributed by atoms with Gasteiger partial charge in [0, 0.05) is 48.8 Å². The van der Waals surface area contributed by atoms with E-state index in [1.807, 2.05) is 11.8 Å². The second kappa shape index (κ2) is 11.1. The number of β-lactam (4-membered cyclic amide) rings is 1. The molecule has 0 aromatic heterocycles. The van der Waals surface area contributed by atoms with Gasteiger partial charge < -0.3 is 30.4 Å². The minimum atomic E-state index is -1.13. The van der Waals surface area contributed by atoms with Crippen molar-refractivity contribution in [1.29, 1.82) is 0 Å². The van der Waals surface area contributed by atoms with Crippen LogP contribution in [0.5, 0.6) is 0 Å². The summed E-state index contributed by atoms with van der Waals surface area (Å²) in [6, 6.07) is -0.627. The third kappa shape index (κ3) is 4.96. The maximum atomic E-state index is 13.1. The molecule has 12 heteroatoms. The van der Waals surface area contributed by atoms with Gasteiger partial charge in [0.05, 0.1) is 30.7 Å². The standard InChI is InChI=1S/C22H34N4O6S.ClH/c1-12-17-16(13(2)28)21(30)26(17)18(22(31)32)19(12)33-14-10-15(23-11-14)20(29)25-5-3-4-24(6-7-25)8-9-27;/h12-17,23,27-28H,3-11H2,1-2H3,(H,31,32);1H/t12-,13-,14+,15+,16-,17-;/m1./s1. The van der Waals surface area contributed by atoms with Gasteiger partial charge >= 0.3 is 5.97 Å². The Morgan fingerprint density at radius 3 is 2.62 bits per heavy atom. The maximum Gasteiger partial charge on any atom is 0.353 e. The molecular formula is C22H35ClN4O6S. The van der Waals surface area contributed by atoms with Crippen LogP contribution >= 0.6 is 24.2 Å². The van der Waals surface area contributed by atoms with E-state index in [1.165, 1.54) is 16.7 Å². The minimum absolute atomic E-state index is 0. The van der Waals surface area contributed by atoms with E-state index in [9.17, 15) is 24.6 Å². The number of carboxylic acids is 1. The molecule has 0 spiro atoms. The molecule has 34 heavy (non-hydrogen) atoms. The van der Waals surface area contributed by atoms with E-state index in [4.69, 9.17) is 5.11 Å². The van der Waals surface area contributed by atoms with E-state index < -0.39 is 18.0 Å². The first kappa shape index (κ1) is 27.2. The molecule has 4 aliphatic rings. The highest BCUT2D eigenvalue weighted by molar-refractivity contribution is 8.03. The lowest BCUT2D eigenvalue weighted by Crippen LogP contribution is -2.63. The molecule has 0 unspecified atom stereocenters. The Morgan fingerprint density at radius 1 is 1.24 bits per heavy atom. The largest absolute Gasteiger partial charge is 0.477 e. The second-order valence-corrected chi connectivity index (χ2v) is 10.8. The van der Waals surface area contributed by atoms with Crippen LogP contribution in [0.3, 0.4) is 0 Å². The summed E-state index contributed by atoms with van der Waals surface area (Å²) < 4.78 is 0. The summed E-state index contributed by atoms with van der Waals surface area (Å²) in [5.74, 6) is -2.12. The predicted molar refractivity (Wildman–Crippen MR) is 129 cm³/mol. The smallest absolute Gasteiger partial charge is 0.353 e. The number of carbonyl (C=O) groups excluding carboxylic acids is 2. The molecule has 6 atom stereocenters. The number of amides is 2. The summed E-state index contributed by atoms with van der Waals surface area (Å²) in [7, 11) is 0. The van der Waals surface area contributed by atoms with E-state index in [1.54, 1.807) is 6.92 Å². The van der Waals surface area contributed by atoms with E-state index in [0.717, 1.165) is 19.5 Å². The summed E-state index contributed by atoms with van der Waals surface area (Å²) >= 11 is 1.46. The fourth-order valence-corrected chi connectivity index (χ4v) is 7.09. The topological polar surface area (TPSA) is 134 Å². The van der Waals surface area contributed by atoms with E-state index >= 15 is 0 Å². The second-order valence-electron chi connectivity index (χ2n) is 9.45. The van der Waals surface area contributed by atoms with Gasteiger partial charge in [0.1, 0.15) is 5.70 Å². The first-order chi connectivity index (χ1) is 15.7. The van der Waals surface area contributed by atoms with E-state index in [2.05, 4.69) is 10.2 Å². The van der Waals surface area contributed by atoms with Gasteiger partial charge in [-0.3, -0.25) is 14.5 Å². The Morgan fingerprint density at radius 2 is 1.97 bits per heavy atom. The van der Waals surface area contributed by atoms with Gasteiger partial charge in [-0.05, 0) is 26.3 Å². The highest BCUT2D eigenvalue weighted by Gasteiger charge is 2.60. The van der Waals surface area contributed by atoms with Crippen molar-refractivity contribution in [3.63, 3.8) is 0 Å². The first-order valence-electron chi connectivity index (χ1n) is 11.7. The Hall–Kier alpha value is -1.37. The molecule has 0 bridgehead atoms. The van der Waals surface area contributed by atoms with Crippen LogP contribution in [0.15, 0.2) is 10.6 Å². The van der Waals surface area contributed by atoms with Crippen LogP contribution in [0.4, 0.5) is 0 Å². The van der Waals surface area contributed by atoms with Crippen LogP contribution in [0.1, 0.15) is 26.7 Å². The summed E-state index contributed by atoms with van der Waals surface area (Å²) in [4.78, 5) is 43.7. The molecule has 3 saturated heterocycles. The van der Waals surface area contributed by atoms with Gasteiger partial charge in [-0.25, -0.2) is 4.79 Å². The SMILES string of the molecule is C[C@@H](O)[C@H]1C(=O)N2C(C(=O)O)=C(S[C@@H]3CN[C@H](C(=O)N4CCCN(CCO)CC4)C3)[C@H](C)[C@H]12.Cl. The van der Waals surface area contributed by atoms with Crippen LogP contribution < -0.4 is 5.32 Å². The minimum Gasteiger partial charge on any atom is -0.477 e. The van der Waals surface area contributed by atoms with E-state index in [-0.39, 0.29) is 59.8 Å². The van der Waals surface area contributed by atoms with Crippen LogP contribution in [-0.2, 0) is 14.4 Å². The molecule has 192 valence electrons. The van der Waals surface area contributed by atoms with Crippen molar-refractivity contribution in [2.75, 3.05) is 45.9 Å². The number of hydrogen-bond acceptors (Lipinski definition) is 8. The number of carbonyl (C=O) groups is 3. The molecule has 2 amide bonds. The fraction of sp³-hybridized carbons (Fsp3) is 0.773. The Bertz CT molecular complexity index is 842. The van der Waals surface area contributed by atoms with E-state index in [0.29, 0.717) is 37.5 Å². The summed E-state index contributed by atoms with van der Waals surface area (Å²) in [5, 5.41) is 32.3. The lowest BCUT2D eigenvalue weighted by atomic mass is 9.79. The van der Waals surface area contributed by atoms with Gasteiger partial charge in [0.15, 0.2) is 0 Å². The molecule has 0 aromatic carbocycles. The normalized spacial score (nSPS) is 32.7. The number of thioether (sulfide) groups is 1. The third-order valence-electron chi connectivity index (χ3n) is 7.31. The predicted octanol–water partition coefficient (Wildman–Crippen LogP) is -0.448. The van der Waals surface area contributed by atoms with Gasteiger partial charge in [-0.2, -0.15) is 0 Å². The van der Waals surface area contributed by atoms with Crippen molar-refractivity contribution in [2.24, 2.45) is 11.8 Å². The number of hydrogen-bond donors (Lipinski definition) is 4. The average Bonchev–Trinajstić information content (AvgIpc) is 3.22. The van der Waals surface area contributed by atoms with Crippen LogP contribution in [0.2, 0.25) is 0 Å². The molecule has 0 saturated carbocycles. The molecule has 0 radical (unpaired) electrons. The number of aliphatic hydroxyl groups excluding tert-OH is 2. The number of β-amino-alcohol motifs (C(OH)–C–C–N with tert-alkyl or cyclic N) is 1. The van der Waals surface area contributed by atoms with Crippen molar-refractivity contribution in [3.8, 4) is 0 Å². The Kier molecular flexibility index (Phi) is 8.91. The van der Waals surface area contributed by atoms with Crippen molar-refractivity contribution in [2.45, 2.75) is 50.1 Å². The lowest BCUT2D eigenvalue weighted by molar-refractivity contribution is -0.163. The fourth-order valence-electron chi connectivity index (χ4n) is 5.62. The van der Waals surface area contributed by atoms with Gasteiger partial charge in [0.2, 0.25) is 11.8 Å². The highest BCUT2D eigenvalue weighted by atomic mass is 35.5. The molecule has 4 heterocycles. The van der Waals surface area contributed by atoms with Crippen molar-refractivity contribution in [1.82, 2.24) is 20.0 Å². The zero-order chi connectivity index (χ0) is 23.9. The first-order valence-corrected chi connectivity index (χ1v) is 12.6. The Labute approximate surface area is 210 Å². The van der Waals surface area contributed by atoms with Crippen molar-refractivity contribution >= 4 is 42.0 Å². The zero-order valence-electron chi connectivity index (χ0n) is 19.6. The summed E-state index contributed by atoms with van der Waals surface area (Å²) in [6.45, 7) is 7.77. The molecule has 4 rings (SSSR count). The number of aliphatic hydroxyl groups is 2. The Balaban J connectivity index is 0.00000324. The molecule has 0 aliphatic carbocycles. The van der Waals surface area contributed by atoms with Crippen molar-refractivity contribution in [3.05, 3.63) is 10.6 Å². The van der Waals surface area contributed by atoms with Crippen LogP contribution in [0.25, 0.3) is 0 Å². The van der Waals surface area contributed by atoms with Gasteiger partial charge in [-0.15, -0.1) is 24.2 Å². The molecule has 10 nitrogen and oxygen atoms in total. The number of rotatable bonds is 7. The molecule has 0 aromatic rings. The van der Waals surface area contributed by atoms with Gasteiger partial charge in [0.25, 0.3) is 0 Å². The average molecular weight is 519 g/mol. The lowest BCUT2D eigenvalue weighted by Gasteiger charge is -2.46. The molecule has 4 N–H and O–H groups in total. The monoisotopic (exact) mass is 518 g/mol. The zero-order valence-corrected chi connectivity index (χ0v) is 21.2. The number of nitrogens with one attached hydrogen (secondary N) is 1. The van der Waals surface area contributed by atoms with Crippen LogP contribution in [-0.4, -0.2) is 117 Å². The number of aliphatic carboxylic acids is 1. The molecule has 4 aliphatic heterocycles. The molecular weight excluding hydrogens is 484 g/mol. The van der Waals surface area contributed by atoms with Crippen molar-refractivity contribution < 1.29 is 29.7 Å². The molecule has 3 fully saturated rings. The number of nitrogens with zero attached hydrogens (tertiary/aromatic N) is 3. The quantitative estimate of drug-likeness (QED) is 0.331. The van der Waals surface area contributed by atoms with Gasteiger partial charge in [-0.1, -0.05) is 6.92 Å². The summed E-state index contributed by atoms with van der Waals surface area (Å²) in [6.07, 6.45) is 0.651. The maximum absolute atomic E-state index is 13.1.